The zero-order chi connectivity index (χ0) is 82.5. The monoisotopic (exact) mass is 1670 g/mol. The number of benzene rings is 6. The molecular weight excluding hydrogens is 1530 g/mol. The molecule has 9 nitrogen and oxygen atoms in total. The third-order valence-corrected chi connectivity index (χ3v) is 24.4. The molecule has 6 aromatic carbocycles. The maximum absolute atomic E-state index is 13.6. The van der Waals surface area contributed by atoms with Crippen molar-refractivity contribution in [3.8, 4) is 0 Å². The van der Waals surface area contributed by atoms with Crippen LogP contribution in [0.25, 0.3) is 0 Å². The molecule has 0 radical (unpaired) electrons. The van der Waals surface area contributed by atoms with Crippen LogP contribution in [0.4, 0.5) is 74.9 Å². The predicted molar refractivity (Wildman–Crippen MR) is 483 cm³/mol. The van der Waals surface area contributed by atoms with Crippen LogP contribution in [0.5, 0.6) is 0 Å². The Morgan fingerprint density at radius 3 is 0.982 bits per heavy atom. The lowest BCUT2D eigenvalue weighted by Crippen LogP contribution is -2.12. The molecule has 0 aliphatic rings. The number of halogens is 8. The van der Waals surface area contributed by atoms with Crippen LogP contribution in [0.1, 0.15) is 259 Å². The molecule has 6 rings (SSSR count). The molecule has 628 valence electrons. The van der Waals surface area contributed by atoms with Crippen molar-refractivity contribution >= 4 is 110 Å². The lowest BCUT2D eigenvalue weighted by atomic mass is 10.1. The van der Waals surface area contributed by atoms with E-state index >= 15 is 0 Å². The minimum atomic E-state index is -4.31. The van der Waals surface area contributed by atoms with E-state index in [1.165, 1.54) is 183 Å². The van der Waals surface area contributed by atoms with Crippen LogP contribution in [0.15, 0.2) is 140 Å². The van der Waals surface area contributed by atoms with Crippen LogP contribution in [0.2, 0.25) is 0 Å². The molecule has 0 bridgehead atoms. The first-order valence-electron chi connectivity index (χ1n) is 40.4. The van der Waals surface area contributed by atoms with Gasteiger partial charge < -0.3 is 31.9 Å². The summed E-state index contributed by atoms with van der Waals surface area (Å²) in [6.45, 7) is 30.1. The highest BCUT2D eigenvalue weighted by Gasteiger charge is 2.34. The van der Waals surface area contributed by atoms with E-state index < -0.39 is 23.5 Å². The molecule has 0 unspecified atom stereocenters. The topological polar surface area (TPSA) is 115 Å². The predicted octanol–water partition coefficient (Wildman–Crippen LogP) is 31.4. The highest BCUT2D eigenvalue weighted by atomic mass is 32.2. The number of anilines is 6. The van der Waals surface area contributed by atoms with E-state index in [-0.39, 0.29) is 33.6 Å². The van der Waals surface area contributed by atoms with Crippen LogP contribution >= 0.6 is 70.6 Å². The number of hydrogen-bond donors (Lipinski definition) is 6. The molecule has 0 heterocycles. The summed E-state index contributed by atoms with van der Waals surface area (Å²) in [5.74, 6) is 3.93. The second kappa shape index (κ2) is 65.2. The number of hydrogen-bond acceptors (Lipinski definition) is 14. The Bertz CT molecular complexity index is 3260. The van der Waals surface area contributed by atoms with Crippen molar-refractivity contribution < 1.29 is 40.0 Å². The second-order valence-electron chi connectivity index (χ2n) is 28.0. The van der Waals surface area contributed by atoms with Crippen LogP contribution in [-0.2, 0) is 12.4 Å². The fraction of sp³-hybridized carbons (Fsp3) is 0.591. The number of aryl methyl sites for hydroxylation is 2. The van der Waals surface area contributed by atoms with Crippen molar-refractivity contribution in [2.45, 2.75) is 295 Å². The van der Waals surface area contributed by atoms with Crippen molar-refractivity contribution in [3.63, 3.8) is 0 Å². The molecular formula is C88H137F8N7O2S6. The molecule has 0 amide bonds. The quantitative estimate of drug-likeness (QED) is 0.00716. The fourth-order valence-electron chi connectivity index (χ4n) is 10.8. The average Bonchev–Trinajstić information content (AvgIpc) is 0.832. The fourth-order valence-corrected chi connectivity index (χ4v) is 16.0. The molecule has 0 aliphatic carbocycles. The second-order valence-corrected chi connectivity index (χ2v) is 36.5. The van der Waals surface area contributed by atoms with E-state index in [1.54, 1.807) is 72.9 Å². The smallest absolute Gasteiger partial charge is 0.376 e. The molecule has 0 aliphatic heterocycles. The molecule has 0 fully saturated rings. The molecule has 0 aromatic heterocycles. The first-order chi connectivity index (χ1) is 53.1. The van der Waals surface area contributed by atoms with Crippen LogP contribution < -0.4 is 31.9 Å². The van der Waals surface area contributed by atoms with E-state index in [0.717, 1.165) is 47.4 Å². The highest BCUT2D eigenvalue weighted by molar-refractivity contribution is 8.01. The Balaban J connectivity index is 0.000000667. The minimum absolute atomic E-state index is 0.140. The number of thioether (sulfide) groups is 6. The van der Waals surface area contributed by atoms with Gasteiger partial charge in [0.2, 0.25) is 0 Å². The van der Waals surface area contributed by atoms with E-state index in [4.69, 9.17) is 0 Å². The van der Waals surface area contributed by atoms with Crippen molar-refractivity contribution in [1.29, 1.82) is 0 Å². The van der Waals surface area contributed by atoms with Crippen molar-refractivity contribution in [2.24, 2.45) is 0 Å². The Hall–Kier alpha value is -4.94. The van der Waals surface area contributed by atoms with Gasteiger partial charge in [0.15, 0.2) is 0 Å². The van der Waals surface area contributed by atoms with Gasteiger partial charge in [0.25, 0.3) is 5.69 Å². The molecule has 6 aromatic rings. The highest BCUT2D eigenvalue weighted by Crippen LogP contribution is 2.38. The maximum atomic E-state index is 13.6. The van der Waals surface area contributed by atoms with E-state index in [9.17, 15) is 45.2 Å². The molecule has 6 atom stereocenters. The lowest BCUT2D eigenvalue weighted by molar-refractivity contribution is -0.383. The Kier molecular flexibility index (Phi) is 61.2. The maximum Gasteiger partial charge on any atom is 0.418 e. The minimum Gasteiger partial charge on any atom is -0.376 e. The van der Waals surface area contributed by atoms with Crippen molar-refractivity contribution in [3.05, 3.63) is 184 Å². The van der Waals surface area contributed by atoms with E-state index in [1.807, 2.05) is 84.3 Å². The molecule has 0 saturated carbocycles. The van der Waals surface area contributed by atoms with Gasteiger partial charge in [-0.1, -0.05) is 271 Å². The Morgan fingerprint density at radius 1 is 0.333 bits per heavy atom. The summed E-state index contributed by atoms with van der Waals surface area (Å²) in [5.41, 5.74) is 3.88. The summed E-state index contributed by atoms with van der Waals surface area (Å²) in [6, 6.07) is 39.3. The first kappa shape index (κ1) is 104. The van der Waals surface area contributed by atoms with E-state index in [2.05, 4.69) is 139 Å². The number of nitro benzene ring substituents is 1. The van der Waals surface area contributed by atoms with Gasteiger partial charge in [-0.3, -0.25) is 10.1 Å². The van der Waals surface area contributed by atoms with Gasteiger partial charge in [-0.2, -0.15) is 26.3 Å². The van der Waals surface area contributed by atoms with Gasteiger partial charge in [0.05, 0.1) is 62.7 Å². The number of nitrogens with one attached hydrogen (secondary N) is 6. The van der Waals surface area contributed by atoms with Crippen LogP contribution in [0, 0.1) is 35.6 Å². The number of nitro groups is 1. The van der Waals surface area contributed by atoms with Gasteiger partial charge in [-0.05, 0) is 125 Å². The number of para-hydroxylation sites is 5. The summed E-state index contributed by atoms with van der Waals surface area (Å²) in [4.78, 5) is 10.5. The molecule has 6 N–H and O–H groups in total. The van der Waals surface area contributed by atoms with Gasteiger partial charge in [0, 0.05) is 54.6 Å². The summed E-state index contributed by atoms with van der Waals surface area (Å²) >= 11 is 10.9. The van der Waals surface area contributed by atoms with Gasteiger partial charge >= 0.3 is 12.4 Å². The third-order valence-electron chi connectivity index (χ3n) is 17.7. The zero-order valence-corrected chi connectivity index (χ0v) is 74.1. The SMILES string of the molecule is CCCCC[C@H](C)SCNc1ccc(C)cc1C(F)(F)F.CCCCC[C@H](C)SCNc1ccc(C)cc1F.CCCCC[C@H](C)SCNc1ccccc1.CCCCC[C@H](C)SCNc1ccccc1C(F)(F)F.CCCCC[C@H](C)SCNc1ccccc1F.CCCCC[C@H](C)SCNc1ccccc1[N+](=O)[O-]. The number of alkyl halides is 6. The van der Waals surface area contributed by atoms with Crippen molar-refractivity contribution in [1.82, 2.24) is 0 Å². The lowest BCUT2D eigenvalue weighted by Gasteiger charge is -2.17. The summed E-state index contributed by atoms with van der Waals surface area (Å²) in [7, 11) is 0. The Morgan fingerprint density at radius 2 is 0.622 bits per heavy atom. The summed E-state index contributed by atoms with van der Waals surface area (Å²) < 4.78 is 104. The van der Waals surface area contributed by atoms with Gasteiger partial charge in [-0.15, -0.1) is 70.6 Å². The number of rotatable bonds is 49. The molecule has 23 heteroatoms. The molecule has 0 saturated heterocycles. The largest absolute Gasteiger partial charge is 0.418 e. The number of unbranched alkanes of at least 4 members (excludes halogenated alkanes) is 12. The number of nitrogens with zero attached hydrogens (tertiary/aromatic N) is 1. The summed E-state index contributed by atoms with van der Waals surface area (Å²) in [6.07, 6.45) is 21.4. The van der Waals surface area contributed by atoms with Crippen LogP contribution in [0.3, 0.4) is 0 Å². The van der Waals surface area contributed by atoms with Gasteiger partial charge in [0.1, 0.15) is 17.3 Å². The van der Waals surface area contributed by atoms with Crippen molar-refractivity contribution in [2.75, 3.05) is 67.2 Å². The Labute approximate surface area is 691 Å². The molecule has 111 heavy (non-hydrogen) atoms. The average molecular weight is 1670 g/mol. The zero-order valence-electron chi connectivity index (χ0n) is 69.2. The molecule has 0 spiro atoms. The first-order valence-corrected chi connectivity index (χ1v) is 46.7. The standard InChI is InChI=1S/C16H24F3NS.C15H22F3NS.C15H24FNS.C14H22FNS.C14H22N2O2S.C14H23NS/c1-4-5-6-7-13(3)21-11-20-15-9-8-12(2)10-14(15)16(17,18)19;1-3-4-5-8-12(2)20-11-19-14-10-7-6-9-13(14)15(16,17)18;1-4-5-6-7-13(3)18-11-17-15-9-8-12(2)10-14(15)16;1-3-4-5-8-12(2)17-11-16-14-10-7-6-9-13(14)15;1-3-4-5-8-12(2)19-11-15-13-9-6-7-10-14(13)16(17)18;1-3-4-6-9-13(2)16-12-15-14-10-7-5-8-11-14/h8-10,13,20H,4-7,11H2,1-3H3;6-7,9-10,12,19H,3-5,8,11H2,1-2H3;8-10,13,17H,4-7,11H2,1-3H3;6-7,9-10,12,16H,3-5,8,11H2,1-2H3;6-7,9-10,12,15H,3-5,8,11H2,1-2H3;5,7-8,10-11,13,15H,3-4,6,9,12H2,1-2H3/t13-;12-;13-;2*12-;13-/m000000/s1. The third kappa shape index (κ3) is 53.8. The van der Waals surface area contributed by atoms with Crippen LogP contribution in [-0.4, -0.2) is 71.7 Å². The summed E-state index contributed by atoms with van der Waals surface area (Å²) in [5, 5.41) is 33.0. The van der Waals surface area contributed by atoms with Gasteiger partial charge in [-0.25, -0.2) is 8.78 Å². The van der Waals surface area contributed by atoms with E-state index in [0.29, 0.717) is 66.5 Å². The normalized spacial score (nSPS) is 12.7.